The number of anilines is 1. The molecule has 1 aromatic rings. The summed E-state index contributed by atoms with van der Waals surface area (Å²) in [6.07, 6.45) is 1.35. The van der Waals surface area contributed by atoms with E-state index in [1.165, 1.54) is 18.7 Å². The van der Waals surface area contributed by atoms with Crippen LogP contribution in [0.5, 0.6) is 0 Å². The lowest BCUT2D eigenvalue weighted by molar-refractivity contribution is 0.352. The molecule has 13 heavy (non-hydrogen) atoms. The molecular weight excluding hydrogens is 158 g/mol. The van der Waals surface area contributed by atoms with Gasteiger partial charge in [-0.1, -0.05) is 32.0 Å². The van der Waals surface area contributed by atoms with Gasteiger partial charge in [0.1, 0.15) is 0 Å². The van der Waals surface area contributed by atoms with E-state index in [0.29, 0.717) is 0 Å². The maximum atomic E-state index is 2.50. The molecule has 2 rings (SSSR count). The second kappa shape index (κ2) is 3.41. The van der Waals surface area contributed by atoms with Crippen molar-refractivity contribution in [1.82, 2.24) is 0 Å². The van der Waals surface area contributed by atoms with Gasteiger partial charge in [-0.2, -0.15) is 0 Å². The second-order valence-corrected chi connectivity index (χ2v) is 4.13. The molecular formula is C12H17N. The fourth-order valence-electron chi connectivity index (χ4n) is 2.04. The minimum Gasteiger partial charge on any atom is -0.368 e. The molecule has 1 heteroatoms. The number of hydrogen-bond donors (Lipinski definition) is 0. The van der Waals surface area contributed by atoms with Crippen LogP contribution in [0.1, 0.15) is 20.3 Å². The number of hydrogen-bond acceptors (Lipinski definition) is 1. The summed E-state index contributed by atoms with van der Waals surface area (Å²) < 4.78 is 0. The quantitative estimate of drug-likeness (QED) is 0.668. The lowest BCUT2D eigenvalue weighted by Crippen LogP contribution is -2.50. The van der Waals surface area contributed by atoms with Crippen molar-refractivity contribution in [3.05, 3.63) is 30.3 Å². The topological polar surface area (TPSA) is 3.24 Å². The van der Waals surface area contributed by atoms with E-state index < -0.39 is 0 Å². The molecule has 1 saturated heterocycles. The van der Waals surface area contributed by atoms with E-state index in [1.54, 1.807) is 0 Å². The first-order valence-electron chi connectivity index (χ1n) is 5.10. The van der Waals surface area contributed by atoms with Crippen LogP contribution in [-0.4, -0.2) is 12.6 Å². The van der Waals surface area contributed by atoms with Gasteiger partial charge in [-0.25, -0.2) is 0 Å². The monoisotopic (exact) mass is 175 g/mol. The third-order valence-electron chi connectivity index (χ3n) is 2.92. The smallest absolute Gasteiger partial charge is 0.0368 e. The SMILES string of the molecule is CC(C)C1CCN1c1ccccc1. The van der Waals surface area contributed by atoms with Crippen LogP contribution in [0.2, 0.25) is 0 Å². The van der Waals surface area contributed by atoms with E-state index in [-0.39, 0.29) is 0 Å². The molecule has 1 aliphatic heterocycles. The number of rotatable bonds is 2. The molecule has 0 bridgehead atoms. The summed E-state index contributed by atoms with van der Waals surface area (Å²) in [6, 6.07) is 11.5. The van der Waals surface area contributed by atoms with Crippen molar-refractivity contribution in [1.29, 1.82) is 0 Å². The van der Waals surface area contributed by atoms with E-state index in [4.69, 9.17) is 0 Å². The molecule has 0 radical (unpaired) electrons. The van der Waals surface area contributed by atoms with E-state index >= 15 is 0 Å². The van der Waals surface area contributed by atoms with Gasteiger partial charge in [0.05, 0.1) is 0 Å². The zero-order valence-electron chi connectivity index (χ0n) is 8.40. The molecule has 0 N–H and O–H groups in total. The number of nitrogens with zero attached hydrogens (tertiary/aromatic N) is 1. The zero-order valence-corrected chi connectivity index (χ0v) is 8.40. The first kappa shape index (κ1) is 8.61. The standard InChI is InChI=1S/C12H17N/c1-10(2)12-8-9-13(12)11-6-4-3-5-7-11/h3-7,10,12H,8-9H2,1-2H3. The van der Waals surface area contributed by atoms with Crippen molar-refractivity contribution < 1.29 is 0 Å². The van der Waals surface area contributed by atoms with Gasteiger partial charge in [0.2, 0.25) is 0 Å². The highest BCUT2D eigenvalue weighted by Gasteiger charge is 2.29. The average molecular weight is 175 g/mol. The minimum absolute atomic E-state index is 0.766. The fraction of sp³-hybridized carbons (Fsp3) is 0.500. The normalized spacial score (nSPS) is 21.8. The van der Waals surface area contributed by atoms with Crippen LogP contribution in [0.25, 0.3) is 0 Å². The molecule has 0 aliphatic carbocycles. The third-order valence-corrected chi connectivity index (χ3v) is 2.92. The first-order chi connectivity index (χ1) is 6.29. The Labute approximate surface area is 80.4 Å². The molecule has 1 atom stereocenters. The highest BCUT2D eigenvalue weighted by Crippen LogP contribution is 2.30. The Kier molecular flexibility index (Phi) is 2.26. The summed E-state index contributed by atoms with van der Waals surface area (Å²) in [7, 11) is 0. The molecule has 0 aromatic heterocycles. The molecule has 1 fully saturated rings. The summed E-state index contributed by atoms with van der Waals surface area (Å²) >= 11 is 0. The molecule has 0 saturated carbocycles. The van der Waals surface area contributed by atoms with Crippen LogP contribution in [0.15, 0.2) is 30.3 Å². The maximum absolute atomic E-state index is 2.50. The predicted molar refractivity (Wildman–Crippen MR) is 57.0 cm³/mol. The summed E-state index contributed by atoms with van der Waals surface area (Å²) in [5.41, 5.74) is 1.38. The molecule has 1 nitrogen and oxygen atoms in total. The maximum Gasteiger partial charge on any atom is 0.0368 e. The van der Waals surface area contributed by atoms with Crippen LogP contribution in [0.4, 0.5) is 5.69 Å². The molecule has 1 aromatic carbocycles. The fourth-order valence-corrected chi connectivity index (χ4v) is 2.04. The molecule has 70 valence electrons. The van der Waals surface area contributed by atoms with Crippen LogP contribution in [0, 0.1) is 5.92 Å². The molecule has 1 unspecified atom stereocenters. The third kappa shape index (κ3) is 1.55. The number of para-hydroxylation sites is 1. The van der Waals surface area contributed by atoms with Crippen LogP contribution in [0.3, 0.4) is 0 Å². The summed E-state index contributed by atoms with van der Waals surface area (Å²) in [5, 5.41) is 0. The van der Waals surface area contributed by atoms with Crippen molar-refractivity contribution in [2.75, 3.05) is 11.4 Å². The Morgan fingerprint density at radius 3 is 2.38 bits per heavy atom. The Morgan fingerprint density at radius 1 is 1.23 bits per heavy atom. The van der Waals surface area contributed by atoms with Crippen LogP contribution >= 0.6 is 0 Å². The minimum atomic E-state index is 0.766. The summed E-state index contributed by atoms with van der Waals surface area (Å²) in [4.78, 5) is 2.50. The molecule has 1 heterocycles. The molecule has 1 aliphatic rings. The Balaban J connectivity index is 2.11. The van der Waals surface area contributed by atoms with Gasteiger partial charge in [0.25, 0.3) is 0 Å². The van der Waals surface area contributed by atoms with E-state index in [2.05, 4.69) is 49.1 Å². The van der Waals surface area contributed by atoms with Gasteiger partial charge >= 0.3 is 0 Å². The van der Waals surface area contributed by atoms with Crippen molar-refractivity contribution >= 4 is 5.69 Å². The predicted octanol–water partition coefficient (Wildman–Crippen LogP) is 2.92. The lowest BCUT2D eigenvalue weighted by atomic mass is 9.91. The zero-order chi connectivity index (χ0) is 9.26. The van der Waals surface area contributed by atoms with Crippen molar-refractivity contribution in [3.63, 3.8) is 0 Å². The summed E-state index contributed by atoms with van der Waals surface area (Å²) in [6.45, 7) is 5.84. The molecule has 0 amide bonds. The van der Waals surface area contributed by atoms with Gasteiger partial charge in [0.15, 0.2) is 0 Å². The van der Waals surface area contributed by atoms with Gasteiger partial charge in [-0.3, -0.25) is 0 Å². The molecule has 0 spiro atoms. The summed E-state index contributed by atoms with van der Waals surface area (Å²) in [5.74, 6) is 0.772. The Bertz CT molecular complexity index is 266. The van der Waals surface area contributed by atoms with Crippen molar-refractivity contribution in [2.45, 2.75) is 26.3 Å². The van der Waals surface area contributed by atoms with Gasteiger partial charge in [0, 0.05) is 18.3 Å². The van der Waals surface area contributed by atoms with Crippen molar-refractivity contribution in [2.24, 2.45) is 5.92 Å². The Morgan fingerprint density at radius 2 is 1.92 bits per heavy atom. The number of benzene rings is 1. The van der Waals surface area contributed by atoms with Gasteiger partial charge in [-0.15, -0.1) is 0 Å². The average Bonchev–Trinajstić information content (AvgIpc) is 2.02. The highest BCUT2D eigenvalue weighted by molar-refractivity contribution is 5.49. The first-order valence-corrected chi connectivity index (χ1v) is 5.10. The highest BCUT2D eigenvalue weighted by atomic mass is 15.2. The van der Waals surface area contributed by atoms with Gasteiger partial charge < -0.3 is 4.90 Å². The van der Waals surface area contributed by atoms with E-state index in [1.807, 2.05) is 0 Å². The van der Waals surface area contributed by atoms with Gasteiger partial charge in [-0.05, 0) is 24.5 Å². The van der Waals surface area contributed by atoms with E-state index in [0.717, 1.165) is 12.0 Å². The van der Waals surface area contributed by atoms with Crippen LogP contribution < -0.4 is 4.90 Å². The Hall–Kier alpha value is -0.980. The van der Waals surface area contributed by atoms with Crippen molar-refractivity contribution in [3.8, 4) is 0 Å². The lowest BCUT2D eigenvalue weighted by Gasteiger charge is -2.45. The van der Waals surface area contributed by atoms with Crippen LogP contribution in [-0.2, 0) is 0 Å². The largest absolute Gasteiger partial charge is 0.368 e. The second-order valence-electron chi connectivity index (χ2n) is 4.13. The van der Waals surface area contributed by atoms with E-state index in [9.17, 15) is 0 Å².